The van der Waals surface area contributed by atoms with Crippen molar-refractivity contribution in [3.05, 3.63) is 59.4 Å². The molecule has 0 unspecified atom stereocenters. The highest BCUT2D eigenvalue weighted by atomic mass is 19.2. The Morgan fingerprint density at radius 2 is 1.94 bits per heavy atom. The van der Waals surface area contributed by atoms with Crippen LogP contribution < -0.4 is 10.5 Å². The zero-order valence-corrected chi connectivity index (χ0v) is 9.57. The highest BCUT2D eigenvalue weighted by Crippen LogP contribution is 2.16. The molecule has 94 valence electrons. The largest absolute Gasteiger partial charge is 0.489 e. The summed E-state index contributed by atoms with van der Waals surface area (Å²) in [7, 11) is 0. The SMILES string of the molecule is NCc1cc(COc2ccc(F)c(F)c2)ccn1. The van der Waals surface area contributed by atoms with Gasteiger partial charge in [0, 0.05) is 18.8 Å². The summed E-state index contributed by atoms with van der Waals surface area (Å²) in [5.41, 5.74) is 7.09. The second-order valence-electron chi connectivity index (χ2n) is 3.72. The van der Waals surface area contributed by atoms with Gasteiger partial charge >= 0.3 is 0 Å². The number of aromatic nitrogens is 1. The van der Waals surface area contributed by atoms with E-state index in [1.54, 1.807) is 18.3 Å². The summed E-state index contributed by atoms with van der Waals surface area (Å²) in [6.45, 7) is 0.597. The molecule has 0 fully saturated rings. The lowest BCUT2D eigenvalue weighted by Gasteiger charge is -2.07. The molecule has 2 N–H and O–H groups in total. The van der Waals surface area contributed by atoms with Crippen molar-refractivity contribution < 1.29 is 13.5 Å². The number of hydrogen-bond donors (Lipinski definition) is 1. The van der Waals surface area contributed by atoms with Crippen LogP contribution in [-0.4, -0.2) is 4.98 Å². The molecule has 0 aliphatic rings. The van der Waals surface area contributed by atoms with Gasteiger partial charge in [-0.25, -0.2) is 8.78 Å². The molecule has 0 bridgehead atoms. The summed E-state index contributed by atoms with van der Waals surface area (Å²) in [4.78, 5) is 4.05. The molecule has 0 aliphatic heterocycles. The topological polar surface area (TPSA) is 48.1 Å². The smallest absolute Gasteiger partial charge is 0.162 e. The quantitative estimate of drug-likeness (QED) is 0.906. The van der Waals surface area contributed by atoms with E-state index < -0.39 is 11.6 Å². The number of hydrogen-bond acceptors (Lipinski definition) is 3. The highest BCUT2D eigenvalue weighted by molar-refractivity contribution is 5.24. The molecule has 18 heavy (non-hydrogen) atoms. The maximum Gasteiger partial charge on any atom is 0.162 e. The van der Waals surface area contributed by atoms with Crippen LogP contribution in [0.25, 0.3) is 0 Å². The third-order valence-corrected chi connectivity index (χ3v) is 2.39. The summed E-state index contributed by atoms with van der Waals surface area (Å²) in [6, 6.07) is 7.01. The van der Waals surface area contributed by atoms with Gasteiger partial charge in [0.2, 0.25) is 0 Å². The van der Waals surface area contributed by atoms with Crippen LogP contribution in [0, 0.1) is 11.6 Å². The summed E-state index contributed by atoms with van der Waals surface area (Å²) in [5, 5.41) is 0. The van der Waals surface area contributed by atoms with E-state index in [0.29, 0.717) is 6.54 Å². The lowest BCUT2D eigenvalue weighted by molar-refractivity contribution is 0.303. The van der Waals surface area contributed by atoms with Gasteiger partial charge < -0.3 is 10.5 Å². The van der Waals surface area contributed by atoms with Crippen LogP contribution >= 0.6 is 0 Å². The van der Waals surface area contributed by atoms with Crippen molar-refractivity contribution >= 4 is 0 Å². The van der Waals surface area contributed by atoms with Crippen molar-refractivity contribution in [1.82, 2.24) is 4.98 Å². The lowest BCUT2D eigenvalue weighted by atomic mass is 10.2. The molecule has 1 aromatic carbocycles. The minimum absolute atomic E-state index is 0.251. The predicted octanol–water partition coefficient (Wildman–Crippen LogP) is 2.40. The lowest BCUT2D eigenvalue weighted by Crippen LogP contribution is -2.02. The average Bonchev–Trinajstić information content (AvgIpc) is 2.40. The van der Waals surface area contributed by atoms with E-state index in [2.05, 4.69) is 4.98 Å². The normalized spacial score (nSPS) is 10.4. The van der Waals surface area contributed by atoms with Crippen molar-refractivity contribution in [2.45, 2.75) is 13.2 Å². The van der Waals surface area contributed by atoms with Crippen molar-refractivity contribution in [3.63, 3.8) is 0 Å². The zero-order valence-electron chi connectivity index (χ0n) is 9.57. The van der Waals surface area contributed by atoms with Crippen LogP contribution in [-0.2, 0) is 13.2 Å². The van der Waals surface area contributed by atoms with E-state index in [4.69, 9.17) is 10.5 Å². The Morgan fingerprint density at radius 1 is 1.11 bits per heavy atom. The van der Waals surface area contributed by atoms with E-state index in [0.717, 1.165) is 23.4 Å². The highest BCUT2D eigenvalue weighted by Gasteiger charge is 2.03. The minimum Gasteiger partial charge on any atom is -0.489 e. The van der Waals surface area contributed by atoms with Gasteiger partial charge in [-0.15, -0.1) is 0 Å². The molecule has 1 aromatic heterocycles. The van der Waals surface area contributed by atoms with E-state index in [1.165, 1.54) is 6.07 Å². The predicted molar refractivity (Wildman–Crippen MR) is 62.8 cm³/mol. The van der Waals surface area contributed by atoms with Gasteiger partial charge in [0.05, 0.1) is 5.69 Å². The van der Waals surface area contributed by atoms with Gasteiger partial charge in [0.25, 0.3) is 0 Å². The molecule has 2 rings (SSSR count). The first-order valence-electron chi connectivity index (χ1n) is 5.41. The first kappa shape index (κ1) is 12.4. The monoisotopic (exact) mass is 250 g/mol. The summed E-state index contributed by atoms with van der Waals surface area (Å²) in [6.07, 6.45) is 1.63. The van der Waals surface area contributed by atoms with Crippen LogP contribution in [0.1, 0.15) is 11.3 Å². The van der Waals surface area contributed by atoms with E-state index in [-0.39, 0.29) is 12.4 Å². The molecule has 0 aliphatic carbocycles. The van der Waals surface area contributed by atoms with Crippen LogP contribution in [0.3, 0.4) is 0 Å². The molecular formula is C13H12F2N2O. The Bertz CT molecular complexity index is 546. The first-order chi connectivity index (χ1) is 8.69. The number of halogens is 2. The molecule has 5 heteroatoms. The molecule has 1 heterocycles. The number of benzene rings is 1. The molecule has 0 saturated heterocycles. The number of nitrogens with zero attached hydrogens (tertiary/aromatic N) is 1. The van der Waals surface area contributed by atoms with Crippen molar-refractivity contribution in [1.29, 1.82) is 0 Å². The fourth-order valence-electron chi connectivity index (χ4n) is 1.46. The van der Waals surface area contributed by atoms with Crippen molar-refractivity contribution in [2.24, 2.45) is 5.73 Å². The zero-order chi connectivity index (χ0) is 13.0. The van der Waals surface area contributed by atoms with E-state index >= 15 is 0 Å². The molecule has 0 atom stereocenters. The minimum atomic E-state index is -0.926. The first-order valence-corrected chi connectivity index (χ1v) is 5.41. The molecule has 0 amide bonds. The third kappa shape index (κ3) is 3.01. The Morgan fingerprint density at radius 3 is 2.67 bits per heavy atom. The fraction of sp³-hybridized carbons (Fsp3) is 0.154. The van der Waals surface area contributed by atoms with Crippen LogP contribution in [0.15, 0.2) is 36.5 Å². The molecule has 3 nitrogen and oxygen atoms in total. The standard InChI is InChI=1S/C13H12F2N2O/c14-12-2-1-11(6-13(12)15)18-8-9-3-4-17-10(5-9)7-16/h1-6H,7-8,16H2. The fourth-order valence-corrected chi connectivity index (χ4v) is 1.46. The Labute approximate surface area is 103 Å². The number of nitrogens with two attached hydrogens (primary N) is 1. The van der Waals surface area contributed by atoms with Crippen molar-refractivity contribution in [2.75, 3.05) is 0 Å². The number of ether oxygens (including phenoxy) is 1. The molecule has 0 radical (unpaired) electrons. The average molecular weight is 250 g/mol. The van der Waals surface area contributed by atoms with Gasteiger partial charge in [-0.2, -0.15) is 0 Å². The van der Waals surface area contributed by atoms with Gasteiger partial charge in [-0.05, 0) is 29.8 Å². The second-order valence-corrected chi connectivity index (χ2v) is 3.72. The van der Waals surface area contributed by atoms with E-state index in [1.807, 2.05) is 0 Å². The Balaban J connectivity index is 2.04. The maximum absolute atomic E-state index is 12.9. The van der Waals surface area contributed by atoms with Gasteiger partial charge in [-0.3, -0.25) is 4.98 Å². The maximum atomic E-state index is 12.9. The molecular weight excluding hydrogens is 238 g/mol. The summed E-state index contributed by atoms with van der Waals surface area (Å²) in [5.74, 6) is -1.54. The van der Waals surface area contributed by atoms with Crippen molar-refractivity contribution in [3.8, 4) is 5.75 Å². The van der Waals surface area contributed by atoms with Crippen LogP contribution in [0.5, 0.6) is 5.75 Å². The molecule has 0 spiro atoms. The Kier molecular flexibility index (Phi) is 3.84. The van der Waals surface area contributed by atoms with Gasteiger partial charge in [0.1, 0.15) is 12.4 Å². The van der Waals surface area contributed by atoms with Gasteiger partial charge in [0.15, 0.2) is 11.6 Å². The van der Waals surface area contributed by atoms with Crippen LogP contribution in [0.4, 0.5) is 8.78 Å². The number of pyridine rings is 1. The molecule has 0 saturated carbocycles. The second kappa shape index (κ2) is 5.55. The third-order valence-electron chi connectivity index (χ3n) is 2.39. The molecule has 2 aromatic rings. The van der Waals surface area contributed by atoms with Crippen LogP contribution in [0.2, 0.25) is 0 Å². The summed E-state index contributed by atoms with van der Waals surface area (Å²) < 4.78 is 31.0. The Hall–Kier alpha value is -2.01. The summed E-state index contributed by atoms with van der Waals surface area (Å²) >= 11 is 0. The van der Waals surface area contributed by atoms with E-state index in [9.17, 15) is 8.78 Å². The van der Waals surface area contributed by atoms with Gasteiger partial charge in [-0.1, -0.05) is 0 Å². The number of rotatable bonds is 4.